The maximum absolute atomic E-state index is 13.6. The lowest BCUT2D eigenvalue weighted by Crippen LogP contribution is -2.30. The quantitative estimate of drug-likeness (QED) is 0.114. The number of halogens is 1. The Labute approximate surface area is 270 Å². The third-order valence-electron chi connectivity index (χ3n) is 6.53. The minimum absolute atomic E-state index is 0.0209. The maximum Gasteiger partial charge on any atom is 0.272 e. The van der Waals surface area contributed by atoms with Gasteiger partial charge in [0, 0.05) is 26.9 Å². The molecule has 0 saturated heterocycles. The molecule has 4 rings (SSSR count). The van der Waals surface area contributed by atoms with E-state index in [9.17, 15) is 14.4 Å². The number of ether oxygens (including phenoxy) is 3. The molecule has 0 atom stereocenters. The van der Waals surface area contributed by atoms with Gasteiger partial charge in [-0.3, -0.25) is 14.4 Å². The van der Waals surface area contributed by atoms with Crippen molar-refractivity contribution in [1.82, 2.24) is 5.32 Å². The third kappa shape index (κ3) is 8.81. The van der Waals surface area contributed by atoms with E-state index in [-0.39, 0.29) is 17.4 Å². The van der Waals surface area contributed by atoms with Crippen LogP contribution in [0.15, 0.2) is 95.5 Å². The van der Waals surface area contributed by atoms with E-state index < -0.39 is 11.8 Å². The number of amides is 3. The van der Waals surface area contributed by atoms with Gasteiger partial charge in [-0.15, -0.1) is 11.8 Å². The van der Waals surface area contributed by atoms with Crippen LogP contribution in [-0.4, -0.2) is 44.8 Å². The summed E-state index contributed by atoms with van der Waals surface area (Å²) < 4.78 is 16.3. The molecule has 0 bridgehead atoms. The Hall–Kier alpha value is -4.93. The fraction of sp³-hybridized carbons (Fsp3) is 0.147. The summed E-state index contributed by atoms with van der Waals surface area (Å²) in [5.41, 5.74) is 2.79. The van der Waals surface area contributed by atoms with Gasteiger partial charge in [-0.1, -0.05) is 41.9 Å². The van der Waals surface area contributed by atoms with Gasteiger partial charge in [0.15, 0.2) is 11.5 Å². The number of rotatable bonds is 12. The fourth-order valence-corrected chi connectivity index (χ4v) is 5.16. The van der Waals surface area contributed by atoms with E-state index in [4.69, 9.17) is 25.8 Å². The molecular weight excluding hydrogens is 614 g/mol. The molecule has 0 aliphatic rings. The van der Waals surface area contributed by atoms with E-state index in [1.54, 1.807) is 78.9 Å². The number of anilines is 2. The first-order chi connectivity index (χ1) is 21.7. The molecule has 3 amide bonds. The highest BCUT2D eigenvalue weighted by atomic mass is 35.5. The number of benzene rings is 4. The van der Waals surface area contributed by atoms with Crippen molar-refractivity contribution in [3.05, 3.63) is 112 Å². The van der Waals surface area contributed by atoms with Gasteiger partial charge in [0.05, 0.1) is 27.1 Å². The minimum Gasteiger partial charge on any atom is -0.493 e. The van der Waals surface area contributed by atoms with E-state index in [0.29, 0.717) is 44.8 Å². The summed E-state index contributed by atoms with van der Waals surface area (Å²) in [6.45, 7) is 1.84. The first kappa shape index (κ1) is 33.0. The number of hydrogen-bond donors (Lipinski definition) is 3. The summed E-state index contributed by atoms with van der Waals surface area (Å²) in [4.78, 5) is 40.0. The molecule has 0 fully saturated rings. The zero-order valence-electron chi connectivity index (χ0n) is 25.1. The molecule has 4 aromatic rings. The van der Waals surface area contributed by atoms with Crippen molar-refractivity contribution in [2.75, 3.05) is 37.7 Å². The maximum atomic E-state index is 13.6. The highest BCUT2D eigenvalue weighted by Gasteiger charge is 2.18. The molecule has 0 heterocycles. The second kappa shape index (κ2) is 15.7. The van der Waals surface area contributed by atoms with Crippen molar-refractivity contribution >= 4 is 58.5 Å². The molecule has 0 radical (unpaired) electrons. The van der Waals surface area contributed by atoms with Crippen LogP contribution in [0.3, 0.4) is 0 Å². The van der Waals surface area contributed by atoms with Crippen LogP contribution in [-0.2, 0) is 9.59 Å². The first-order valence-electron chi connectivity index (χ1n) is 13.7. The molecule has 0 aliphatic heterocycles. The van der Waals surface area contributed by atoms with Crippen molar-refractivity contribution in [2.45, 2.75) is 11.8 Å². The van der Waals surface area contributed by atoms with Crippen molar-refractivity contribution in [1.29, 1.82) is 0 Å². The molecule has 11 heteroatoms. The Bertz CT molecular complexity index is 1700. The van der Waals surface area contributed by atoms with Gasteiger partial charge in [-0.2, -0.15) is 0 Å². The Morgan fingerprint density at radius 2 is 1.51 bits per heavy atom. The van der Waals surface area contributed by atoms with Crippen molar-refractivity contribution in [2.24, 2.45) is 0 Å². The van der Waals surface area contributed by atoms with Crippen LogP contribution in [0.1, 0.15) is 21.5 Å². The third-order valence-corrected chi connectivity index (χ3v) is 7.93. The molecular formula is C34H32ClN3O6S. The van der Waals surface area contributed by atoms with E-state index >= 15 is 0 Å². The van der Waals surface area contributed by atoms with E-state index in [1.165, 1.54) is 39.2 Å². The Kier molecular flexibility index (Phi) is 11.5. The molecule has 0 aromatic heterocycles. The van der Waals surface area contributed by atoms with Gasteiger partial charge >= 0.3 is 0 Å². The smallest absolute Gasteiger partial charge is 0.272 e. The lowest BCUT2D eigenvalue weighted by molar-refractivity contribution is -0.114. The van der Waals surface area contributed by atoms with Crippen LogP contribution in [0.5, 0.6) is 17.2 Å². The number of carbonyl (C=O) groups excluding carboxylic acids is 3. The average Bonchev–Trinajstić information content (AvgIpc) is 3.05. The Morgan fingerprint density at radius 3 is 2.18 bits per heavy atom. The van der Waals surface area contributed by atoms with Crippen LogP contribution in [0.25, 0.3) is 6.08 Å². The molecule has 0 saturated carbocycles. The number of carbonyl (C=O) groups is 3. The number of thioether (sulfide) groups is 1. The number of methoxy groups -OCH3 is 3. The molecule has 0 unspecified atom stereocenters. The second-order valence-corrected chi connectivity index (χ2v) is 11.0. The van der Waals surface area contributed by atoms with Crippen LogP contribution in [0, 0.1) is 6.92 Å². The topological polar surface area (TPSA) is 115 Å². The van der Waals surface area contributed by atoms with Gasteiger partial charge in [-0.05, 0) is 78.7 Å². The summed E-state index contributed by atoms with van der Waals surface area (Å²) >= 11 is 7.47. The second-order valence-electron chi connectivity index (χ2n) is 9.57. The predicted octanol–water partition coefficient (Wildman–Crippen LogP) is 6.81. The predicted molar refractivity (Wildman–Crippen MR) is 179 cm³/mol. The molecule has 0 aliphatic carbocycles. The van der Waals surface area contributed by atoms with Crippen molar-refractivity contribution < 1.29 is 28.6 Å². The Morgan fingerprint density at radius 1 is 0.822 bits per heavy atom. The first-order valence-corrected chi connectivity index (χ1v) is 15.1. The summed E-state index contributed by atoms with van der Waals surface area (Å²) in [7, 11) is 4.47. The molecule has 4 aromatic carbocycles. The SMILES string of the molecule is COc1cc(/C=C(/NC(=O)c2ccccc2)C(=O)Nc2cccc(SCC(=O)Nc3cccc(Cl)c3C)c2)cc(OC)c1OC. The van der Waals surface area contributed by atoms with Crippen LogP contribution in [0.2, 0.25) is 5.02 Å². The highest BCUT2D eigenvalue weighted by Crippen LogP contribution is 2.38. The van der Waals surface area contributed by atoms with E-state index in [2.05, 4.69) is 16.0 Å². The number of nitrogens with one attached hydrogen (secondary N) is 3. The van der Waals surface area contributed by atoms with Crippen LogP contribution in [0.4, 0.5) is 11.4 Å². The standard InChI is InChI=1S/C34H32ClN3O6S/c1-21-26(35)14-9-15-27(21)37-31(39)20-45-25-13-8-12-24(19-25)36-34(41)28(38-33(40)23-10-6-5-7-11-23)16-22-17-29(42-2)32(44-4)30(18-22)43-3/h5-19H,20H2,1-4H3,(H,36,41)(H,37,39)(H,38,40)/b28-16+. The summed E-state index contributed by atoms with van der Waals surface area (Å²) in [6.07, 6.45) is 1.52. The van der Waals surface area contributed by atoms with Crippen LogP contribution < -0.4 is 30.2 Å². The normalized spacial score (nSPS) is 10.9. The zero-order chi connectivity index (χ0) is 32.3. The van der Waals surface area contributed by atoms with Gasteiger partial charge in [0.2, 0.25) is 11.7 Å². The van der Waals surface area contributed by atoms with Gasteiger partial charge in [0.1, 0.15) is 5.70 Å². The summed E-state index contributed by atoms with van der Waals surface area (Å²) in [6, 6.07) is 24.3. The molecule has 45 heavy (non-hydrogen) atoms. The van der Waals surface area contributed by atoms with Gasteiger partial charge in [-0.25, -0.2) is 0 Å². The molecule has 0 spiro atoms. The number of hydrogen-bond acceptors (Lipinski definition) is 7. The molecule has 3 N–H and O–H groups in total. The van der Waals surface area contributed by atoms with Crippen LogP contribution >= 0.6 is 23.4 Å². The van der Waals surface area contributed by atoms with Gasteiger partial charge in [0.25, 0.3) is 11.8 Å². The zero-order valence-corrected chi connectivity index (χ0v) is 26.7. The fourth-order valence-electron chi connectivity index (χ4n) is 4.23. The van der Waals surface area contributed by atoms with Crippen molar-refractivity contribution in [3.63, 3.8) is 0 Å². The largest absolute Gasteiger partial charge is 0.493 e. The average molecular weight is 646 g/mol. The van der Waals surface area contributed by atoms with Crippen molar-refractivity contribution in [3.8, 4) is 17.2 Å². The monoisotopic (exact) mass is 645 g/mol. The highest BCUT2D eigenvalue weighted by molar-refractivity contribution is 8.00. The lowest BCUT2D eigenvalue weighted by Gasteiger charge is -2.15. The Balaban J connectivity index is 1.54. The van der Waals surface area contributed by atoms with E-state index in [0.717, 1.165) is 10.5 Å². The summed E-state index contributed by atoms with van der Waals surface area (Å²) in [5.74, 6) is 0.0799. The lowest BCUT2D eigenvalue weighted by atomic mass is 10.1. The minimum atomic E-state index is -0.565. The van der Waals surface area contributed by atoms with Gasteiger partial charge < -0.3 is 30.2 Å². The summed E-state index contributed by atoms with van der Waals surface area (Å²) in [5, 5.41) is 9.01. The van der Waals surface area contributed by atoms with E-state index in [1.807, 2.05) is 13.0 Å². The molecule has 232 valence electrons. The molecule has 9 nitrogen and oxygen atoms in total.